The van der Waals surface area contributed by atoms with Crippen LogP contribution in [0.15, 0.2) is 30.5 Å². The highest BCUT2D eigenvalue weighted by Gasteiger charge is 2.10. The van der Waals surface area contributed by atoms with Gasteiger partial charge in [0.05, 0.1) is 21.1 Å². The van der Waals surface area contributed by atoms with Crippen molar-refractivity contribution in [2.45, 2.75) is 13.8 Å². The van der Waals surface area contributed by atoms with Gasteiger partial charge in [-0.2, -0.15) is 15.4 Å². The van der Waals surface area contributed by atoms with Gasteiger partial charge in [0, 0.05) is 6.20 Å². The zero-order valence-electron chi connectivity index (χ0n) is 10.1. The van der Waals surface area contributed by atoms with Crippen LogP contribution in [0.5, 0.6) is 0 Å². The molecule has 0 aliphatic carbocycles. The topological polar surface area (TPSA) is 54.5 Å². The maximum Gasteiger partial charge on any atom is 0.125 e. The van der Waals surface area contributed by atoms with Gasteiger partial charge in [-0.25, -0.2) is 0 Å². The van der Waals surface area contributed by atoms with Crippen LogP contribution < -0.4 is 0 Å². The Kier molecular flexibility index (Phi) is 2.68. The van der Waals surface area contributed by atoms with Gasteiger partial charge in [-0.1, -0.05) is 0 Å². The van der Waals surface area contributed by atoms with E-state index in [0.29, 0.717) is 0 Å². The van der Waals surface area contributed by atoms with E-state index in [-0.39, 0.29) is 0 Å². The molecular weight excluding hydrogens is 244 g/mol. The Morgan fingerprint density at radius 1 is 1.06 bits per heavy atom. The van der Waals surface area contributed by atoms with E-state index in [1.54, 1.807) is 11.3 Å². The summed E-state index contributed by atoms with van der Waals surface area (Å²) in [6.07, 6.45) is 1.84. The monoisotopic (exact) mass is 256 g/mol. The highest BCUT2D eigenvalue weighted by Crippen LogP contribution is 2.33. The van der Waals surface area contributed by atoms with E-state index in [2.05, 4.69) is 45.5 Å². The molecule has 0 radical (unpaired) electrons. The summed E-state index contributed by atoms with van der Waals surface area (Å²) in [5, 5.41) is 10.9. The number of nitrogens with one attached hydrogen (secondary N) is 1. The lowest BCUT2D eigenvalue weighted by Gasteiger charge is -1.97. The lowest BCUT2D eigenvalue weighted by Crippen LogP contribution is -1.80. The van der Waals surface area contributed by atoms with E-state index in [4.69, 9.17) is 0 Å². The zero-order chi connectivity index (χ0) is 12.5. The molecular formula is C13H12N4S. The van der Waals surface area contributed by atoms with Crippen molar-refractivity contribution in [3.05, 3.63) is 41.7 Å². The number of pyridine rings is 1. The molecule has 3 heterocycles. The molecule has 3 aromatic heterocycles. The maximum atomic E-state index is 4.39. The van der Waals surface area contributed by atoms with Crippen LogP contribution >= 0.6 is 11.3 Å². The molecule has 0 aliphatic rings. The lowest BCUT2D eigenvalue weighted by molar-refractivity contribution is 0.930. The third kappa shape index (κ3) is 1.93. The molecule has 90 valence electrons. The average Bonchev–Trinajstić information content (AvgIpc) is 2.97. The number of hydrogen-bond donors (Lipinski definition) is 1. The Balaban J connectivity index is 2.02. The summed E-state index contributed by atoms with van der Waals surface area (Å²) in [6, 6.07) is 8.23. The summed E-state index contributed by atoms with van der Waals surface area (Å²) >= 11 is 1.68. The smallest absolute Gasteiger partial charge is 0.125 e. The Hall–Kier alpha value is -2.01. The van der Waals surface area contributed by atoms with Gasteiger partial charge in [0.15, 0.2) is 0 Å². The van der Waals surface area contributed by atoms with Crippen molar-refractivity contribution in [1.29, 1.82) is 0 Å². The third-order valence-corrected chi connectivity index (χ3v) is 3.84. The van der Waals surface area contributed by atoms with Gasteiger partial charge in [0.1, 0.15) is 5.69 Å². The summed E-state index contributed by atoms with van der Waals surface area (Å²) in [4.78, 5) is 6.65. The number of thiophene rings is 1. The number of rotatable bonds is 2. The van der Waals surface area contributed by atoms with Gasteiger partial charge in [0.2, 0.25) is 0 Å². The molecule has 0 unspecified atom stereocenters. The van der Waals surface area contributed by atoms with Crippen LogP contribution in [0, 0.1) is 13.8 Å². The highest BCUT2D eigenvalue weighted by atomic mass is 32.1. The van der Waals surface area contributed by atoms with E-state index in [9.17, 15) is 0 Å². The first-order valence-corrected chi connectivity index (χ1v) is 6.46. The van der Waals surface area contributed by atoms with E-state index in [1.807, 2.05) is 19.2 Å². The van der Waals surface area contributed by atoms with E-state index < -0.39 is 0 Å². The fourth-order valence-corrected chi connectivity index (χ4v) is 2.81. The molecule has 0 amide bonds. The van der Waals surface area contributed by atoms with Crippen molar-refractivity contribution in [3.63, 3.8) is 0 Å². The molecule has 0 atom stereocenters. The molecule has 0 aliphatic heterocycles. The standard InChI is InChI=1S/C13H12N4S/c1-8-5-6-14-10(7-8)11-3-4-12(18-11)13-9(2)15-17-16-13/h3-7H,1-2H3,(H,15,16,17). The van der Waals surface area contributed by atoms with Crippen LogP contribution in [0.1, 0.15) is 11.3 Å². The summed E-state index contributed by atoms with van der Waals surface area (Å²) in [5.74, 6) is 0. The van der Waals surface area contributed by atoms with E-state index >= 15 is 0 Å². The van der Waals surface area contributed by atoms with E-state index in [0.717, 1.165) is 26.8 Å². The minimum Gasteiger partial charge on any atom is -0.255 e. The zero-order valence-corrected chi connectivity index (χ0v) is 11.0. The van der Waals surface area contributed by atoms with Crippen LogP contribution in [0.3, 0.4) is 0 Å². The predicted octanol–water partition coefficient (Wildman–Crippen LogP) is 3.21. The Morgan fingerprint density at radius 3 is 2.61 bits per heavy atom. The minimum absolute atomic E-state index is 0.916. The maximum absolute atomic E-state index is 4.39. The number of nitrogens with zero attached hydrogens (tertiary/aromatic N) is 3. The Morgan fingerprint density at radius 2 is 1.89 bits per heavy atom. The fraction of sp³-hybridized carbons (Fsp3) is 0.154. The summed E-state index contributed by atoms with van der Waals surface area (Å²) in [5.41, 5.74) is 4.06. The molecule has 1 N–H and O–H groups in total. The highest BCUT2D eigenvalue weighted by molar-refractivity contribution is 7.18. The largest absolute Gasteiger partial charge is 0.255 e. The number of hydrogen-bond acceptors (Lipinski definition) is 4. The second-order valence-electron chi connectivity index (χ2n) is 4.14. The van der Waals surface area contributed by atoms with Gasteiger partial charge in [0.25, 0.3) is 0 Å². The summed E-state index contributed by atoms with van der Waals surface area (Å²) in [7, 11) is 0. The van der Waals surface area contributed by atoms with Crippen LogP contribution in [-0.2, 0) is 0 Å². The number of aromatic amines is 1. The normalized spacial score (nSPS) is 10.8. The first-order valence-electron chi connectivity index (χ1n) is 5.64. The second-order valence-corrected chi connectivity index (χ2v) is 5.22. The minimum atomic E-state index is 0.916. The van der Waals surface area contributed by atoms with E-state index in [1.165, 1.54) is 5.56 Å². The summed E-state index contributed by atoms with van der Waals surface area (Å²) in [6.45, 7) is 4.02. The predicted molar refractivity (Wildman–Crippen MR) is 72.4 cm³/mol. The average molecular weight is 256 g/mol. The van der Waals surface area contributed by atoms with Crippen LogP contribution in [0.2, 0.25) is 0 Å². The quantitative estimate of drug-likeness (QED) is 0.766. The molecule has 0 spiro atoms. The molecule has 0 saturated heterocycles. The van der Waals surface area contributed by atoms with Crippen molar-refractivity contribution >= 4 is 11.3 Å². The van der Waals surface area contributed by atoms with Gasteiger partial charge in [-0.05, 0) is 43.7 Å². The van der Waals surface area contributed by atoms with Crippen LogP contribution in [0.25, 0.3) is 21.1 Å². The molecule has 0 bridgehead atoms. The van der Waals surface area contributed by atoms with Gasteiger partial charge >= 0.3 is 0 Å². The molecule has 18 heavy (non-hydrogen) atoms. The molecule has 3 aromatic rings. The molecule has 0 saturated carbocycles. The van der Waals surface area contributed by atoms with Crippen molar-refractivity contribution in [1.82, 2.24) is 20.4 Å². The molecule has 0 fully saturated rings. The molecule has 5 heteroatoms. The van der Waals surface area contributed by atoms with Crippen molar-refractivity contribution in [2.24, 2.45) is 0 Å². The van der Waals surface area contributed by atoms with Crippen molar-refractivity contribution < 1.29 is 0 Å². The number of H-pyrrole nitrogens is 1. The summed E-state index contributed by atoms with van der Waals surface area (Å²) < 4.78 is 0. The Labute approximate surface area is 109 Å². The first kappa shape index (κ1) is 11.1. The van der Waals surface area contributed by atoms with Crippen LogP contribution in [0.4, 0.5) is 0 Å². The lowest BCUT2D eigenvalue weighted by atomic mass is 10.2. The first-order chi connectivity index (χ1) is 8.74. The van der Waals surface area contributed by atoms with Gasteiger partial charge < -0.3 is 0 Å². The molecule has 0 aromatic carbocycles. The van der Waals surface area contributed by atoms with Crippen LogP contribution in [-0.4, -0.2) is 20.4 Å². The van der Waals surface area contributed by atoms with Gasteiger partial charge in [-0.3, -0.25) is 4.98 Å². The van der Waals surface area contributed by atoms with Gasteiger partial charge in [-0.15, -0.1) is 11.3 Å². The van der Waals surface area contributed by atoms with Crippen molar-refractivity contribution in [2.75, 3.05) is 0 Å². The second kappa shape index (κ2) is 4.34. The molecule has 4 nitrogen and oxygen atoms in total. The molecule has 3 rings (SSSR count). The van der Waals surface area contributed by atoms with Crippen molar-refractivity contribution in [3.8, 4) is 21.1 Å². The number of aryl methyl sites for hydroxylation is 2. The SMILES string of the molecule is Cc1ccnc(-c2ccc(-c3n[nH]nc3C)s2)c1. The Bertz CT molecular complexity index is 684. The number of aromatic nitrogens is 4. The third-order valence-electron chi connectivity index (χ3n) is 2.73. The fourth-order valence-electron chi connectivity index (χ4n) is 1.79.